The van der Waals surface area contributed by atoms with Gasteiger partial charge >= 0.3 is 0 Å². The number of hydrogen-bond acceptors (Lipinski definition) is 16. The topological polar surface area (TPSA) is 170 Å². The summed E-state index contributed by atoms with van der Waals surface area (Å²) in [7, 11) is 0. The first-order chi connectivity index (χ1) is 47.9. The summed E-state index contributed by atoms with van der Waals surface area (Å²) in [6, 6.07) is 88.4. The molecule has 0 saturated carbocycles. The van der Waals surface area contributed by atoms with Crippen LogP contribution in [0.5, 0.6) is 0 Å². The van der Waals surface area contributed by atoms with Gasteiger partial charge in [-0.05, 0) is 50.1 Å². The van der Waals surface area contributed by atoms with Crippen molar-refractivity contribution in [1.82, 2.24) is 0 Å². The highest BCUT2D eigenvalue weighted by Gasteiger charge is 2.55. The van der Waals surface area contributed by atoms with E-state index in [9.17, 15) is 10.2 Å². The molecule has 9 aromatic carbocycles. The van der Waals surface area contributed by atoms with Gasteiger partial charge in [0.25, 0.3) is 0 Å². The Morgan fingerprint density at radius 1 is 0.227 bits per heavy atom. The van der Waals surface area contributed by atoms with Crippen LogP contribution in [0.1, 0.15) is 50.1 Å². The van der Waals surface area contributed by atoms with Gasteiger partial charge in [0.05, 0.1) is 79.3 Å². The van der Waals surface area contributed by atoms with Crippen LogP contribution in [0.2, 0.25) is 0 Å². The van der Waals surface area contributed by atoms with Crippen LogP contribution in [0.25, 0.3) is 0 Å². The molecule has 3 fully saturated rings. The second-order valence-electron chi connectivity index (χ2n) is 24.4. The maximum atomic E-state index is 12.9. The van der Waals surface area contributed by atoms with Crippen molar-refractivity contribution in [3.8, 4) is 0 Å². The monoisotopic (exact) mass is 1310 g/mol. The average Bonchev–Trinajstić information content (AvgIpc) is 0.782. The summed E-state index contributed by atoms with van der Waals surface area (Å²) >= 11 is 0. The summed E-state index contributed by atoms with van der Waals surface area (Å²) in [4.78, 5) is 0. The molecule has 0 radical (unpaired) electrons. The van der Waals surface area contributed by atoms with E-state index >= 15 is 0 Å². The zero-order chi connectivity index (χ0) is 66.1. The van der Waals surface area contributed by atoms with Crippen molar-refractivity contribution >= 4 is 0 Å². The lowest BCUT2D eigenvalue weighted by Gasteiger charge is -2.50. The minimum atomic E-state index is -1.50. The molecule has 97 heavy (non-hydrogen) atoms. The second-order valence-corrected chi connectivity index (χ2v) is 24.4. The highest BCUT2D eigenvalue weighted by atomic mass is 16.8. The maximum Gasteiger partial charge on any atom is 0.187 e. The SMILES string of the molecule is O[C@H]1[C@H](OC[C@H]2O[C@@H](O[C@H]3[C@H](OCc4ccccc4)[C@@H](OCc4ccccc4)[C@H](O)O[C@@H]3COCc3ccccc3)[C@H](OCc3ccccc3)[C@@H](OCc3ccccc3)[C@H]2OCc2ccccc2)O[C@H](COCc2ccccc2)[C@@H](OCc2ccccc2)[C@@H]1OCc1ccccc1. The van der Waals surface area contributed by atoms with Crippen LogP contribution in [0.15, 0.2) is 273 Å². The molecule has 3 aliphatic heterocycles. The quantitative estimate of drug-likeness (QED) is 0.0390. The van der Waals surface area contributed by atoms with E-state index in [0.717, 1.165) is 50.1 Å². The van der Waals surface area contributed by atoms with Crippen molar-refractivity contribution in [2.24, 2.45) is 0 Å². The van der Waals surface area contributed by atoms with Gasteiger partial charge in [0, 0.05) is 0 Å². The zero-order valence-electron chi connectivity index (χ0n) is 54.2. The summed E-state index contributed by atoms with van der Waals surface area (Å²) in [5.74, 6) is 0. The summed E-state index contributed by atoms with van der Waals surface area (Å²) in [6.45, 7) is 1.24. The van der Waals surface area contributed by atoms with E-state index in [4.69, 9.17) is 66.3 Å². The van der Waals surface area contributed by atoms with Gasteiger partial charge in [0.15, 0.2) is 18.9 Å². The molecule has 0 unspecified atom stereocenters. The normalized spacial score (nSPS) is 25.7. The van der Waals surface area contributed by atoms with Gasteiger partial charge in [-0.2, -0.15) is 0 Å². The molecule has 16 nitrogen and oxygen atoms in total. The Bertz CT molecular complexity index is 3600. The molecule has 16 heteroatoms. The van der Waals surface area contributed by atoms with Gasteiger partial charge in [-0.1, -0.05) is 273 Å². The first-order valence-corrected chi connectivity index (χ1v) is 33.4. The van der Waals surface area contributed by atoms with E-state index in [2.05, 4.69) is 0 Å². The fraction of sp³-hybridized carbons (Fsp3) is 0.333. The fourth-order valence-corrected chi connectivity index (χ4v) is 12.3. The number of ether oxygens (including phenoxy) is 14. The molecular formula is C81H86O16. The number of aliphatic hydroxyl groups is 2. The Kier molecular flexibility index (Phi) is 26.3. The largest absolute Gasteiger partial charge is 0.385 e. The Labute approximate surface area is 568 Å². The van der Waals surface area contributed by atoms with Crippen LogP contribution in [0.4, 0.5) is 0 Å². The van der Waals surface area contributed by atoms with Gasteiger partial charge in [-0.15, -0.1) is 0 Å². The summed E-state index contributed by atoms with van der Waals surface area (Å²) in [5, 5.41) is 25.2. The predicted octanol–water partition coefficient (Wildman–Crippen LogP) is 12.4. The van der Waals surface area contributed by atoms with E-state index < -0.39 is 92.1 Å². The minimum Gasteiger partial charge on any atom is -0.385 e. The van der Waals surface area contributed by atoms with Crippen molar-refractivity contribution in [3.05, 3.63) is 323 Å². The van der Waals surface area contributed by atoms with Crippen molar-refractivity contribution in [2.45, 2.75) is 152 Å². The number of hydrogen-bond donors (Lipinski definition) is 2. The number of rotatable bonds is 34. The molecule has 3 aliphatic rings. The van der Waals surface area contributed by atoms with E-state index in [1.807, 2.05) is 273 Å². The number of benzene rings is 9. The highest BCUT2D eigenvalue weighted by Crippen LogP contribution is 2.38. The third-order valence-corrected chi connectivity index (χ3v) is 17.3. The zero-order valence-corrected chi connectivity index (χ0v) is 54.2. The molecule has 0 aromatic heterocycles. The first kappa shape index (κ1) is 69.2. The van der Waals surface area contributed by atoms with Crippen LogP contribution >= 0.6 is 0 Å². The van der Waals surface area contributed by atoms with Gasteiger partial charge < -0.3 is 76.5 Å². The molecule has 0 amide bonds. The molecular weight excluding hydrogens is 1230 g/mol. The molecule has 0 spiro atoms. The smallest absolute Gasteiger partial charge is 0.187 e. The Balaban J connectivity index is 0.924. The van der Waals surface area contributed by atoms with Gasteiger partial charge in [-0.3, -0.25) is 0 Å². The van der Waals surface area contributed by atoms with Crippen molar-refractivity contribution in [2.75, 3.05) is 19.8 Å². The van der Waals surface area contributed by atoms with Gasteiger partial charge in [0.2, 0.25) is 0 Å². The summed E-state index contributed by atoms with van der Waals surface area (Å²) in [5.41, 5.74) is 8.15. The summed E-state index contributed by atoms with van der Waals surface area (Å²) in [6.07, 6.45) is -16.5. The molecule has 3 heterocycles. The molecule has 15 atom stereocenters. The molecule has 0 bridgehead atoms. The Morgan fingerprint density at radius 3 is 0.845 bits per heavy atom. The van der Waals surface area contributed by atoms with Crippen LogP contribution in [0.3, 0.4) is 0 Å². The van der Waals surface area contributed by atoms with Crippen LogP contribution in [-0.4, -0.2) is 122 Å². The average molecular weight is 1320 g/mol. The Morgan fingerprint density at radius 2 is 0.485 bits per heavy atom. The van der Waals surface area contributed by atoms with E-state index in [1.54, 1.807) is 0 Å². The van der Waals surface area contributed by atoms with Crippen LogP contribution in [-0.2, 0) is 126 Å². The molecule has 12 rings (SSSR count). The highest BCUT2D eigenvalue weighted by molar-refractivity contribution is 5.21. The first-order valence-electron chi connectivity index (χ1n) is 33.4. The second kappa shape index (κ2) is 36.8. The van der Waals surface area contributed by atoms with E-state index in [0.29, 0.717) is 0 Å². The van der Waals surface area contributed by atoms with Gasteiger partial charge in [0.1, 0.15) is 73.2 Å². The lowest BCUT2D eigenvalue weighted by molar-refractivity contribution is -0.379. The Hall–Kier alpha value is -7.66. The molecule has 9 aromatic rings. The fourth-order valence-electron chi connectivity index (χ4n) is 12.3. The third kappa shape index (κ3) is 20.2. The maximum absolute atomic E-state index is 12.9. The predicted molar refractivity (Wildman–Crippen MR) is 362 cm³/mol. The van der Waals surface area contributed by atoms with Gasteiger partial charge in [-0.25, -0.2) is 0 Å². The molecule has 0 aliphatic carbocycles. The number of aliphatic hydroxyl groups excluding tert-OH is 2. The van der Waals surface area contributed by atoms with Crippen molar-refractivity contribution < 1.29 is 76.5 Å². The standard InChI is InChI=1S/C81H86O16/c82-70-74(88-50-62-36-18-5-19-37-62)71(86-48-60-32-14-3-15-33-60)67(55-84-46-58-28-10-1-11-29-58)95-80(70)93-57-69-72(87-49-61-34-16-4-17-35-61)75(89-51-63-38-20-6-21-39-63)78(92-54-66-44-26-9-27-45-66)81(96-69)97-73-68(56-85-47-59-30-12-2-13-31-59)94-79(83)77(91-53-65-42-24-8-25-43-65)76(73)90-52-64-40-22-7-23-41-64/h1-45,67-83H,46-57H2/t67-,68-,69-,70-,71-,72+,73-,74-,75+,76+,77-,78-,79-,80-,81+/m1/s1. The van der Waals surface area contributed by atoms with Crippen LogP contribution < -0.4 is 0 Å². The van der Waals surface area contributed by atoms with E-state index in [1.165, 1.54) is 0 Å². The lowest BCUT2D eigenvalue weighted by atomic mass is 9.95. The van der Waals surface area contributed by atoms with E-state index in [-0.39, 0.29) is 79.3 Å². The third-order valence-electron chi connectivity index (χ3n) is 17.3. The molecule has 506 valence electrons. The van der Waals surface area contributed by atoms with Crippen molar-refractivity contribution in [3.63, 3.8) is 0 Å². The minimum absolute atomic E-state index is 0.0462. The van der Waals surface area contributed by atoms with Crippen molar-refractivity contribution in [1.29, 1.82) is 0 Å². The lowest BCUT2D eigenvalue weighted by Crippen LogP contribution is -2.66. The molecule has 3 saturated heterocycles. The summed E-state index contributed by atoms with van der Waals surface area (Å²) < 4.78 is 97.5. The molecule has 2 N–H and O–H groups in total. The van der Waals surface area contributed by atoms with Crippen LogP contribution in [0, 0.1) is 0 Å².